The third kappa shape index (κ3) is 3.68. The molecule has 5 rings (SSSR count). The van der Waals surface area contributed by atoms with Crippen molar-refractivity contribution >= 4 is 36.3 Å². The zero-order chi connectivity index (χ0) is 22.0. The highest BCUT2D eigenvalue weighted by Crippen LogP contribution is 2.48. The van der Waals surface area contributed by atoms with Crippen LogP contribution in [0.1, 0.15) is 11.4 Å². The van der Waals surface area contributed by atoms with Gasteiger partial charge in [-0.05, 0) is 25.1 Å². The van der Waals surface area contributed by atoms with E-state index in [-0.39, 0.29) is 36.3 Å². The molecule has 174 valence electrons. The number of aromatic amines is 2. The molecule has 0 saturated heterocycles. The Morgan fingerprint density at radius 2 is 1.73 bits per heavy atom. The normalized spacial score (nSPS) is 12.3. The molecule has 1 aliphatic heterocycles. The van der Waals surface area contributed by atoms with Crippen molar-refractivity contribution in [1.82, 2.24) is 30.1 Å². The Morgan fingerprint density at radius 1 is 0.970 bits per heavy atom. The van der Waals surface area contributed by atoms with Crippen LogP contribution in [0, 0.1) is 6.92 Å². The fourth-order valence-electron chi connectivity index (χ4n) is 3.50. The van der Waals surface area contributed by atoms with E-state index < -0.39 is 23.4 Å². The SMILES string of the molecule is Cc1[nH]nc(C(F)(F)C(F)(F)F)c1-c1nc2c([nH]1)-c1ccncc1Nc1ncccc1-2.Cl.Cl. The van der Waals surface area contributed by atoms with Crippen molar-refractivity contribution in [3.05, 3.63) is 48.2 Å². The topological polar surface area (TPSA) is 95.2 Å². The molecule has 33 heavy (non-hydrogen) atoms. The molecule has 7 nitrogen and oxygen atoms in total. The van der Waals surface area contributed by atoms with Crippen LogP contribution in [0.25, 0.3) is 33.9 Å². The summed E-state index contributed by atoms with van der Waals surface area (Å²) >= 11 is 0. The number of alkyl halides is 5. The minimum atomic E-state index is -5.81. The maximum atomic E-state index is 14.2. The van der Waals surface area contributed by atoms with Gasteiger partial charge in [-0.1, -0.05) is 0 Å². The first-order chi connectivity index (χ1) is 14.7. The second-order valence-electron chi connectivity index (χ2n) is 6.90. The number of halogens is 7. The number of hydrogen-bond donors (Lipinski definition) is 3. The van der Waals surface area contributed by atoms with Crippen LogP contribution in [-0.4, -0.2) is 36.3 Å². The fraction of sp³-hybridized carbons (Fsp3) is 0.158. The minimum absolute atomic E-state index is 0. The summed E-state index contributed by atoms with van der Waals surface area (Å²) in [5.74, 6) is -4.90. The Hall–Kier alpha value is -3.25. The lowest BCUT2D eigenvalue weighted by atomic mass is 10.1. The quantitative estimate of drug-likeness (QED) is 0.264. The van der Waals surface area contributed by atoms with E-state index in [1.165, 1.54) is 13.1 Å². The van der Waals surface area contributed by atoms with E-state index in [1.54, 1.807) is 30.6 Å². The van der Waals surface area contributed by atoms with Gasteiger partial charge in [0, 0.05) is 29.2 Å². The van der Waals surface area contributed by atoms with E-state index in [1.807, 2.05) is 0 Å². The lowest BCUT2D eigenvalue weighted by Gasteiger charge is -2.18. The highest BCUT2D eigenvalue weighted by molar-refractivity contribution is 5.95. The number of fused-ring (bicyclic) bond motifs is 5. The van der Waals surface area contributed by atoms with Crippen LogP contribution in [0.5, 0.6) is 0 Å². The van der Waals surface area contributed by atoms with Crippen LogP contribution in [0.2, 0.25) is 0 Å². The summed E-state index contributed by atoms with van der Waals surface area (Å²) in [7, 11) is 0. The number of aromatic nitrogens is 6. The summed E-state index contributed by atoms with van der Waals surface area (Å²) in [5, 5.41) is 8.61. The maximum Gasteiger partial charge on any atom is 0.459 e. The van der Waals surface area contributed by atoms with Gasteiger partial charge in [-0.3, -0.25) is 10.1 Å². The number of hydrogen-bond acceptors (Lipinski definition) is 5. The number of rotatable bonds is 2. The smallest absolute Gasteiger partial charge is 0.338 e. The maximum absolute atomic E-state index is 14.2. The molecular weight excluding hydrogens is 492 g/mol. The molecule has 5 heterocycles. The van der Waals surface area contributed by atoms with Crippen molar-refractivity contribution < 1.29 is 22.0 Å². The Bertz CT molecular complexity index is 1250. The predicted octanol–water partition coefficient (Wildman–Crippen LogP) is 5.79. The minimum Gasteiger partial charge on any atom is -0.338 e. The Morgan fingerprint density at radius 3 is 2.45 bits per heavy atom. The van der Waals surface area contributed by atoms with E-state index in [4.69, 9.17) is 0 Å². The van der Waals surface area contributed by atoms with Crippen LogP contribution in [0.15, 0.2) is 36.8 Å². The summed E-state index contributed by atoms with van der Waals surface area (Å²) in [6, 6.07) is 5.05. The van der Waals surface area contributed by atoms with Gasteiger partial charge in [-0.2, -0.15) is 27.1 Å². The molecule has 0 aliphatic carbocycles. The molecule has 0 atom stereocenters. The van der Waals surface area contributed by atoms with Crippen molar-refractivity contribution in [1.29, 1.82) is 0 Å². The van der Waals surface area contributed by atoms with Crippen molar-refractivity contribution in [3.63, 3.8) is 0 Å². The largest absolute Gasteiger partial charge is 0.459 e. The first-order valence-corrected chi connectivity index (χ1v) is 8.95. The molecule has 0 aromatic carbocycles. The third-order valence-electron chi connectivity index (χ3n) is 4.95. The highest BCUT2D eigenvalue weighted by Gasteiger charge is 2.61. The van der Waals surface area contributed by atoms with Crippen LogP contribution >= 0.6 is 24.8 Å². The molecule has 0 saturated carbocycles. The molecule has 3 N–H and O–H groups in total. The van der Waals surface area contributed by atoms with Gasteiger partial charge in [-0.25, -0.2) is 9.97 Å². The lowest BCUT2D eigenvalue weighted by Crippen LogP contribution is -2.34. The Labute approximate surface area is 195 Å². The molecule has 0 bridgehead atoms. The van der Waals surface area contributed by atoms with Crippen LogP contribution in [0.3, 0.4) is 0 Å². The summed E-state index contributed by atoms with van der Waals surface area (Å²) in [5.41, 5.74) is 0.619. The molecule has 14 heteroatoms. The molecule has 0 fully saturated rings. The number of nitrogens with one attached hydrogen (secondary N) is 3. The predicted molar refractivity (Wildman–Crippen MR) is 115 cm³/mol. The summed E-state index contributed by atoms with van der Waals surface area (Å²) in [4.78, 5) is 15.6. The number of pyridine rings is 2. The number of H-pyrrole nitrogens is 2. The zero-order valence-electron chi connectivity index (χ0n) is 16.5. The van der Waals surface area contributed by atoms with Crippen molar-refractivity contribution in [2.24, 2.45) is 0 Å². The summed E-state index contributed by atoms with van der Waals surface area (Å²) < 4.78 is 67.5. The van der Waals surface area contributed by atoms with Gasteiger partial charge in [0.1, 0.15) is 17.3 Å². The molecule has 4 aromatic heterocycles. The number of imidazole rings is 1. The molecule has 0 amide bonds. The number of aryl methyl sites for hydroxylation is 1. The molecule has 1 aliphatic rings. The second kappa shape index (κ2) is 8.27. The molecule has 4 aromatic rings. The van der Waals surface area contributed by atoms with Crippen molar-refractivity contribution in [3.8, 4) is 33.9 Å². The molecule has 0 unspecified atom stereocenters. The molecular formula is C19H14Cl2F5N7. The third-order valence-corrected chi connectivity index (χ3v) is 4.95. The van der Waals surface area contributed by atoms with Crippen molar-refractivity contribution in [2.75, 3.05) is 5.32 Å². The number of anilines is 2. The van der Waals surface area contributed by atoms with Gasteiger partial charge in [0.05, 0.1) is 23.1 Å². The standard InChI is InChI=1S/C19H12F5N7.2ClH/c1-8-12(15(31-30-8)18(20,21)19(22,23)24)17-28-13-9-4-6-25-7-11(9)27-16-10(14(13)29-17)3-2-5-26-16;;/h2-7H,1H3,(H,26,27)(H,28,29)(H,30,31);2*1H. The number of nitrogens with zero attached hydrogens (tertiary/aromatic N) is 4. The van der Waals surface area contributed by atoms with Gasteiger partial charge >= 0.3 is 12.1 Å². The lowest BCUT2D eigenvalue weighted by molar-refractivity contribution is -0.290. The molecule has 0 radical (unpaired) electrons. The van der Waals surface area contributed by atoms with Gasteiger partial charge < -0.3 is 10.3 Å². The monoisotopic (exact) mass is 505 g/mol. The molecule has 0 spiro atoms. The Kier molecular flexibility index (Phi) is 6.11. The van der Waals surface area contributed by atoms with Crippen LogP contribution in [-0.2, 0) is 5.92 Å². The van der Waals surface area contributed by atoms with Crippen LogP contribution < -0.4 is 5.32 Å². The van der Waals surface area contributed by atoms with Crippen LogP contribution in [0.4, 0.5) is 33.5 Å². The average molecular weight is 506 g/mol. The first kappa shape index (κ1) is 24.4. The van der Waals surface area contributed by atoms with E-state index in [2.05, 4.69) is 35.5 Å². The van der Waals surface area contributed by atoms with E-state index >= 15 is 0 Å². The Balaban J connectivity index is 0.00000153. The second-order valence-corrected chi connectivity index (χ2v) is 6.90. The average Bonchev–Trinajstić information content (AvgIpc) is 3.29. The van der Waals surface area contributed by atoms with Gasteiger partial charge in [0.25, 0.3) is 0 Å². The zero-order valence-corrected chi connectivity index (χ0v) is 18.1. The van der Waals surface area contributed by atoms with Gasteiger partial charge in [0.15, 0.2) is 5.69 Å². The first-order valence-electron chi connectivity index (χ1n) is 8.95. The van der Waals surface area contributed by atoms with Gasteiger partial charge in [-0.15, -0.1) is 24.8 Å². The van der Waals surface area contributed by atoms with Crippen molar-refractivity contribution in [2.45, 2.75) is 19.0 Å². The highest BCUT2D eigenvalue weighted by atomic mass is 35.5. The summed E-state index contributed by atoms with van der Waals surface area (Å²) in [6.07, 6.45) is -1.18. The van der Waals surface area contributed by atoms with E-state index in [0.29, 0.717) is 34.0 Å². The van der Waals surface area contributed by atoms with E-state index in [9.17, 15) is 22.0 Å². The van der Waals surface area contributed by atoms with E-state index in [0.717, 1.165) is 0 Å². The summed E-state index contributed by atoms with van der Waals surface area (Å²) in [6.45, 7) is 1.35. The van der Waals surface area contributed by atoms with Gasteiger partial charge in [0.2, 0.25) is 0 Å². The fourth-order valence-corrected chi connectivity index (χ4v) is 3.50.